The summed E-state index contributed by atoms with van der Waals surface area (Å²) in [6.45, 7) is 2.24. The molecule has 2 atom stereocenters. The van der Waals surface area contributed by atoms with Gasteiger partial charge in [0.1, 0.15) is 9.71 Å². The minimum atomic E-state index is 0.0363. The quantitative estimate of drug-likeness (QED) is 0.923. The largest absolute Gasteiger partial charge is 0.397 e. The van der Waals surface area contributed by atoms with Crippen LogP contribution in [0.15, 0.2) is 18.3 Å². The first-order valence-corrected chi connectivity index (χ1v) is 8.31. The molecule has 0 aromatic carbocycles. The Bertz CT molecular complexity index is 667. The number of nitrogen functional groups attached to an aromatic ring is 1. The average molecular weight is 303 g/mol. The van der Waals surface area contributed by atoms with Crippen molar-refractivity contribution in [2.75, 3.05) is 12.8 Å². The van der Waals surface area contributed by atoms with Crippen LogP contribution in [-0.4, -0.2) is 28.9 Å². The third kappa shape index (κ3) is 2.50. The van der Waals surface area contributed by atoms with Crippen molar-refractivity contribution in [2.45, 2.75) is 38.6 Å². The van der Waals surface area contributed by atoms with Crippen LogP contribution in [0.2, 0.25) is 0 Å². The molecule has 4 nitrogen and oxygen atoms in total. The second-order valence-electron chi connectivity index (χ2n) is 5.95. The van der Waals surface area contributed by atoms with Gasteiger partial charge < -0.3 is 10.6 Å². The predicted octanol–water partition coefficient (Wildman–Crippen LogP) is 3.53. The number of hydrogen-bond acceptors (Lipinski definition) is 4. The van der Waals surface area contributed by atoms with Gasteiger partial charge in [0.25, 0.3) is 5.91 Å². The highest BCUT2D eigenvalue weighted by molar-refractivity contribution is 7.21. The molecule has 1 aliphatic carbocycles. The van der Waals surface area contributed by atoms with Gasteiger partial charge in [0.05, 0.1) is 5.69 Å². The number of anilines is 1. The van der Waals surface area contributed by atoms with Crippen molar-refractivity contribution >= 4 is 33.1 Å². The molecule has 1 fully saturated rings. The van der Waals surface area contributed by atoms with Gasteiger partial charge >= 0.3 is 0 Å². The molecule has 21 heavy (non-hydrogen) atoms. The van der Waals surface area contributed by atoms with Gasteiger partial charge in [0, 0.05) is 24.7 Å². The van der Waals surface area contributed by atoms with Crippen LogP contribution in [0.4, 0.5) is 5.69 Å². The molecule has 2 N–H and O–H groups in total. The number of hydrogen-bond donors (Lipinski definition) is 1. The van der Waals surface area contributed by atoms with Crippen molar-refractivity contribution in [3.63, 3.8) is 0 Å². The monoisotopic (exact) mass is 303 g/mol. The molecular formula is C16H21N3OS. The molecule has 5 heteroatoms. The highest BCUT2D eigenvalue weighted by atomic mass is 32.1. The zero-order chi connectivity index (χ0) is 15.0. The molecular weight excluding hydrogens is 282 g/mol. The van der Waals surface area contributed by atoms with E-state index in [1.54, 1.807) is 6.20 Å². The molecule has 1 saturated carbocycles. The number of carbonyl (C=O) groups is 1. The maximum absolute atomic E-state index is 12.8. The number of amides is 1. The van der Waals surface area contributed by atoms with E-state index in [2.05, 4.69) is 11.9 Å². The summed E-state index contributed by atoms with van der Waals surface area (Å²) in [5.74, 6) is 0.593. The zero-order valence-electron chi connectivity index (χ0n) is 12.5. The number of nitrogens with two attached hydrogens (primary N) is 1. The van der Waals surface area contributed by atoms with Crippen molar-refractivity contribution in [3.8, 4) is 0 Å². The lowest BCUT2D eigenvalue weighted by Crippen LogP contribution is -2.42. The lowest BCUT2D eigenvalue weighted by molar-refractivity contribution is 0.0635. The van der Waals surface area contributed by atoms with Gasteiger partial charge in [-0.2, -0.15) is 0 Å². The van der Waals surface area contributed by atoms with Gasteiger partial charge in [-0.1, -0.05) is 19.8 Å². The topological polar surface area (TPSA) is 59.2 Å². The van der Waals surface area contributed by atoms with Crippen LogP contribution in [0.3, 0.4) is 0 Å². The van der Waals surface area contributed by atoms with Gasteiger partial charge in [-0.25, -0.2) is 4.98 Å². The molecule has 1 amide bonds. The van der Waals surface area contributed by atoms with Crippen LogP contribution in [0.1, 0.15) is 42.3 Å². The SMILES string of the molecule is CC1CCCCC1N(C)C(=O)c1sc2ncccc2c1N. The predicted molar refractivity (Wildman–Crippen MR) is 87.5 cm³/mol. The molecule has 0 aliphatic heterocycles. The Morgan fingerprint density at radius 1 is 1.43 bits per heavy atom. The van der Waals surface area contributed by atoms with E-state index in [9.17, 15) is 4.79 Å². The third-order valence-electron chi connectivity index (χ3n) is 4.58. The zero-order valence-corrected chi connectivity index (χ0v) is 13.3. The van der Waals surface area contributed by atoms with E-state index in [1.165, 1.54) is 30.6 Å². The summed E-state index contributed by atoms with van der Waals surface area (Å²) in [5, 5.41) is 0.885. The number of aromatic nitrogens is 1. The Kier molecular flexibility index (Phi) is 3.85. The molecule has 3 rings (SSSR count). The second kappa shape index (κ2) is 5.64. The molecule has 1 aliphatic rings. The van der Waals surface area contributed by atoms with Crippen LogP contribution < -0.4 is 5.73 Å². The normalized spacial score (nSPS) is 22.4. The van der Waals surface area contributed by atoms with Crippen molar-refractivity contribution in [2.24, 2.45) is 5.92 Å². The first-order chi connectivity index (χ1) is 10.1. The van der Waals surface area contributed by atoms with Crippen LogP contribution in [0.5, 0.6) is 0 Å². The van der Waals surface area contributed by atoms with Crippen LogP contribution in [0, 0.1) is 5.92 Å². The van der Waals surface area contributed by atoms with E-state index in [-0.39, 0.29) is 5.91 Å². The maximum Gasteiger partial charge on any atom is 0.266 e. The van der Waals surface area contributed by atoms with Crippen molar-refractivity contribution in [1.29, 1.82) is 0 Å². The fourth-order valence-electron chi connectivity index (χ4n) is 3.29. The van der Waals surface area contributed by atoms with Crippen LogP contribution in [-0.2, 0) is 0 Å². The third-order valence-corrected chi connectivity index (χ3v) is 5.70. The summed E-state index contributed by atoms with van der Waals surface area (Å²) in [6, 6.07) is 4.10. The first-order valence-electron chi connectivity index (χ1n) is 7.49. The number of fused-ring (bicyclic) bond motifs is 1. The summed E-state index contributed by atoms with van der Waals surface area (Å²) in [7, 11) is 1.91. The highest BCUT2D eigenvalue weighted by Crippen LogP contribution is 2.35. The molecule has 2 unspecified atom stereocenters. The fraction of sp³-hybridized carbons (Fsp3) is 0.500. The Labute approximate surface area is 129 Å². The lowest BCUT2D eigenvalue weighted by atomic mass is 9.85. The highest BCUT2D eigenvalue weighted by Gasteiger charge is 2.30. The number of pyridine rings is 1. The number of thiophene rings is 1. The Morgan fingerprint density at radius 3 is 2.90 bits per heavy atom. The van der Waals surface area contributed by atoms with Crippen molar-refractivity contribution in [1.82, 2.24) is 9.88 Å². The Hall–Kier alpha value is -1.62. The van der Waals surface area contributed by atoms with Gasteiger partial charge in [-0.15, -0.1) is 11.3 Å². The van der Waals surface area contributed by atoms with E-state index in [0.717, 1.165) is 16.6 Å². The summed E-state index contributed by atoms with van der Waals surface area (Å²) < 4.78 is 0. The minimum Gasteiger partial charge on any atom is -0.397 e. The van der Waals surface area contributed by atoms with E-state index >= 15 is 0 Å². The molecule has 2 heterocycles. The van der Waals surface area contributed by atoms with Crippen molar-refractivity contribution < 1.29 is 4.79 Å². The van der Waals surface area contributed by atoms with Gasteiger partial charge in [-0.3, -0.25) is 4.79 Å². The maximum atomic E-state index is 12.8. The van der Waals surface area contributed by atoms with E-state index in [4.69, 9.17) is 5.73 Å². The molecule has 2 aromatic heterocycles. The van der Waals surface area contributed by atoms with Crippen molar-refractivity contribution in [3.05, 3.63) is 23.2 Å². The summed E-state index contributed by atoms with van der Waals surface area (Å²) in [4.78, 5) is 20.5. The minimum absolute atomic E-state index is 0.0363. The van der Waals surface area contributed by atoms with E-state index in [0.29, 0.717) is 22.5 Å². The lowest BCUT2D eigenvalue weighted by Gasteiger charge is -2.36. The molecule has 2 aromatic rings. The van der Waals surface area contributed by atoms with Crippen LogP contribution >= 0.6 is 11.3 Å². The Balaban J connectivity index is 1.91. The second-order valence-corrected chi connectivity index (χ2v) is 6.95. The smallest absolute Gasteiger partial charge is 0.266 e. The van der Waals surface area contributed by atoms with Gasteiger partial charge in [0.2, 0.25) is 0 Å². The van der Waals surface area contributed by atoms with E-state index in [1.807, 2.05) is 24.1 Å². The standard InChI is InChI=1S/C16H21N3OS/c1-10-6-3-4-8-12(10)19(2)16(20)14-13(17)11-7-5-9-18-15(11)21-14/h5,7,9-10,12H,3-4,6,8,17H2,1-2H3. The Morgan fingerprint density at radius 2 is 2.19 bits per heavy atom. The van der Waals surface area contributed by atoms with E-state index < -0.39 is 0 Å². The summed E-state index contributed by atoms with van der Waals surface area (Å²) >= 11 is 1.40. The number of nitrogens with zero attached hydrogens (tertiary/aromatic N) is 2. The van der Waals surface area contributed by atoms with Gasteiger partial charge in [0.15, 0.2) is 0 Å². The summed E-state index contributed by atoms with van der Waals surface area (Å²) in [5.41, 5.74) is 6.74. The number of rotatable bonds is 2. The summed E-state index contributed by atoms with van der Waals surface area (Å²) in [6.07, 6.45) is 6.50. The van der Waals surface area contributed by atoms with Crippen LogP contribution in [0.25, 0.3) is 10.2 Å². The number of carbonyl (C=O) groups excluding carboxylic acids is 1. The molecule has 0 bridgehead atoms. The average Bonchev–Trinajstić information content (AvgIpc) is 2.84. The molecule has 0 spiro atoms. The molecule has 0 radical (unpaired) electrons. The van der Waals surface area contributed by atoms with Gasteiger partial charge in [-0.05, 0) is 30.9 Å². The first kappa shape index (κ1) is 14.3. The fourth-order valence-corrected chi connectivity index (χ4v) is 4.34. The molecule has 0 saturated heterocycles. The molecule has 112 valence electrons.